The summed E-state index contributed by atoms with van der Waals surface area (Å²) in [5.41, 5.74) is 11.4. The first-order valence-electron chi connectivity index (χ1n) is 31.2. The van der Waals surface area contributed by atoms with Crippen LogP contribution < -0.4 is 19.1 Å². The lowest BCUT2D eigenvalue weighted by Gasteiger charge is -2.27. The van der Waals surface area contributed by atoms with Gasteiger partial charge in [0.2, 0.25) is 5.89 Å². The first kappa shape index (κ1) is 65.9. The molecule has 0 atom stereocenters. The molecule has 7 aromatic heterocycles. The third-order valence-corrected chi connectivity index (χ3v) is 23.4. The molecule has 0 spiro atoms. The van der Waals surface area contributed by atoms with Gasteiger partial charge in [0.1, 0.15) is 41.7 Å². The van der Waals surface area contributed by atoms with Crippen LogP contribution in [0, 0.1) is 0 Å². The Kier molecular flexibility index (Phi) is 18.9. The van der Waals surface area contributed by atoms with Crippen molar-refractivity contribution in [1.82, 2.24) is 46.6 Å². The maximum absolute atomic E-state index is 13.8. The Morgan fingerprint density at radius 2 is 1.06 bits per heavy atom. The van der Waals surface area contributed by atoms with E-state index in [0.29, 0.717) is 65.0 Å². The lowest BCUT2D eigenvalue weighted by atomic mass is 9.98. The Labute approximate surface area is 565 Å². The minimum Gasteiger partial charge on any atom is -0.490 e. The van der Waals surface area contributed by atoms with Gasteiger partial charge in [0, 0.05) is 146 Å². The maximum Gasteiger partial charge on any atom is 0.290 e. The number of ether oxygens (including phenoxy) is 3. The van der Waals surface area contributed by atoms with Crippen LogP contribution in [0.3, 0.4) is 0 Å². The zero-order chi connectivity index (χ0) is 67.6. The summed E-state index contributed by atoms with van der Waals surface area (Å²) < 4.78 is 108. The summed E-state index contributed by atoms with van der Waals surface area (Å²) in [5, 5.41) is 11.5. The monoisotopic (exact) mass is 1380 g/mol. The second-order valence-corrected chi connectivity index (χ2v) is 30.1. The molecule has 11 aromatic rings. The van der Waals surface area contributed by atoms with Gasteiger partial charge in [0.15, 0.2) is 11.5 Å². The number of likely N-dealkylation sites (N-methyl/N-ethyl adjacent to an activating group) is 4. The van der Waals surface area contributed by atoms with Gasteiger partial charge < -0.3 is 43.3 Å². The molecule has 0 aliphatic carbocycles. The van der Waals surface area contributed by atoms with Gasteiger partial charge in [-0.15, -0.1) is 11.3 Å². The molecule has 0 amide bonds. The maximum atomic E-state index is 13.8. The molecule has 0 unspecified atom stereocenters. The number of rotatable bonds is 11. The number of pyridine rings is 2. The van der Waals surface area contributed by atoms with Crippen molar-refractivity contribution >= 4 is 103 Å². The number of nitrogens with zero attached hydrogens (tertiary/aromatic N) is 11. The minimum atomic E-state index is -3.86. The molecule has 97 heavy (non-hydrogen) atoms. The molecule has 0 bridgehead atoms. The Morgan fingerprint density at radius 3 is 1.64 bits per heavy atom. The highest BCUT2D eigenvalue weighted by Gasteiger charge is 2.30. The molecule has 0 fully saturated rings. The second-order valence-electron chi connectivity index (χ2n) is 23.8. The zero-order valence-electron chi connectivity index (χ0n) is 53.5. The first-order valence-corrected chi connectivity index (χ1v) is 36.4. The number of hydrogen-bond acceptors (Lipinski definition) is 20. The van der Waals surface area contributed by atoms with E-state index >= 15 is 0 Å². The molecule has 4 aromatic carbocycles. The highest BCUT2D eigenvalue weighted by atomic mass is 32.2. The van der Waals surface area contributed by atoms with Crippen LogP contribution in [0.4, 0.5) is 5.69 Å². The average Bonchev–Trinajstić information content (AvgIpc) is 1.63. The SMILES string of the molecule is CN1CC=C(c2cn(S(=O)(=O)c3ccc4c(c3)OCCN4C)c3cccnc23)CC1.CN1CC=C(c2cn(S(=O)(=O)c3ccc4c(c3)OCCO4)c3ccc(-c4nccs4)cc23)CC1.CN1CC=C(c2cn(S(=O)(=O)c3cccnc3)c3ccc(-c4ncco4)cc23)CC1.O=CO. The van der Waals surface area contributed by atoms with Crippen LogP contribution in [-0.4, -0.2) is 177 Å². The Bertz CT molecular complexity index is 5200. The van der Waals surface area contributed by atoms with Gasteiger partial charge in [-0.3, -0.25) is 14.8 Å². The Hall–Kier alpha value is -9.74. The Balaban J connectivity index is 0.000000129. The first-order chi connectivity index (χ1) is 46.9. The minimum absolute atomic E-state index is 0.155. The number of thiazole rings is 1. The van der Waals surface area contributed by atoms with Gasteiger partial charge in [-0.1, -0.05) is 18.2 Å². The van der Waals surface area contributed by atoms with Crippen LogP contribution >= 0.6 is 11.3 Å². The second kappa shape index (κ2) is 27.8. The summed E-state index contributed by atoms with van der Waals surface area (Å²) in [4.78, 5) is 34.8. The summed E-state index contributed by atoms with van der Waals surface area (Å²) in [7, 11) is -3.24. The molecule has 0 saturated heterocycles. The number of anilines is 1. The molecule has 0 radical (unpaired) electrons. The van der Waals surface area contributed by atoms with Gasteiger partial charge in [-0.05, 0) is 142 Å². The molecular weight excluding hydrogens is 1320 g/mol. The summed E-state index contributed by atoms with van der Waals surface area (Å²) in [6, 6.07) is 28.1. The van der Waals surface area contributed by atoms with E-state index in [1.807, 2.05) is 54.9 Å². The van der Waals surface area contributed by atoms with Crippen molar-refractivity contribution < 1.29 is 53.8 Å². The Morgan fingerprint density at radius 1 is 0.515 bits per heavy atom. The lowest BCUT2D eigenvalue weighted by molar-refractivity contribution is -0.122. The third-order valence-electron chi connectivity index (χ3n) is 17.5. The number of aromatic nitrogens is 7. The van der Waals surface area contributed by atoms with Gasteiger partial charge in [0.05, 0.1) is 50.3 Å². The lowest BCUT2D eigenvalue weighted by Crippen LogP contribution is -2.29. The molecule has 1 N–H and O–H groups in total. The van der Waals surface area contributed by atoms with E-state index in [1.54, 1.807) is 103 Å². The van der Waals surface area contributed by atoms with Crippen LogP contribution in [0.1, 0.15) is 36.0 Å². The summed E-state index contributed by atoms with van der Waals surface area (Å²) >= 11 is 1.57. The highest BCUT2D eigenvalue weighted by molar-refractivity contribution is 7.90. The van der Waals surface area contributed by atoms with E-state index in [0.717, 1.165) is 131 Å². The van der Waals surface area contributed by atoms with Crippen LogP contribution in [-0.2, 0) is 34.9 Å². The van der Waals surface area contributed by atoms with Gasteiger partial charge >= 0.3 is 0 Å². The number of oxazole rings is 1. The van der Waals surface area contributed by atoms with E-state index in [2.05, 4.69) is 85.0 Å². The molecule has 23 nitrogen and oxygen atoms in total. The quantitative estimate of drug-likeness (QED) is 0.118. The molecule has 12 heterocycles. The van der Waals surface area contributed by atoms with Gasteiger partial charge in [0.25, 0.3) is 36.5 Å². The standard InChI is InChI=1S/C25H23N3O4S2.C22H24N4O3S.C22H20N4O3S.CH2O2/c1-27-9-6-17(7-10-27)21-16-28(22-4-2-18(14-20(21)22)25-26-8-13-33-25)34(29,30)19-3-5-23-24(15-19)32-12-11-31-23;1-24-10-7-16(8-11-24)18-15-26(20-4-3-9-23-22(18)20)30(27,28)17-5-6-19-21(14-17)29-13-12-25(19)2;1-25-10-6-16(7-11-25)20-15-26(30(27,28)18-3-2-8-23-14-18)21-5-4-17(13-19(20)21)22-24-9-12-29-22;2-1-3/h2-6,8,13-16H,7,9-12H2,1H3;3-7,9,14-15H,8,10-13H2,1-2H3;2-6,8-9,12-15H,7,10-11H2,1H3;1H,(H,2,3). The average molecular weight is 1380 g/mol. The van der Waals surface area contributed by atoms with E-state index in [4.69, 9.17) is 28.5 Å². The smallest absolute Gasteiger partial charge is 0.290 e. The fourth-order valence-corrected chi connectivity index (χ4v) is 17.1. The topological polar surface area (TPSA) is 260 Å². The van der Waals surface area contributed by atoms with Crippen molar-refractivity contribution in [2.75, 3.05) is 98.7 Å². The van der Waals surface area contributed by atoms with Crippen molar-refractivity contribution in [3.63, 3.8) is 0 Å². The molecule has 27 heteroatoms. The van der Waals surface area contributed by atoms with Crippen LogP contribution in [0.5, 0.6) is 17.2 Å². The molecule has 5 aliphatic rings. The summed E-state index contributed by atoms with van der Waals surface area (Å²) in [6.45, 7) is 7.22. The van der Waals surface area contributed by atoms with E-state index in [9.17, 15) is 25.3 Å². The molecule has 0 saturated carbocycles. The van der Waals surface area contributed by atoms with Crippen molar-refractivity contribution in [1.29, 1.82) is 0 Å². The van der Waals surface area contributed by atoms with Crippen molar-refractivity contribution in [3.8, 4) is 39.3 Å². The fourth-order valence-electron chi connectivity index (χ4n) is 12.3. The number of fused-ring (bicyclic) bond motifs is 5. The predicted molar refractivity (Wildman–Crippen MR) is 374 cm³/mol. The molecule has 5 aliphatic heterocycles. The fraction of sp³-hybridized carbons (Fsp3) is 0.243. The largest absolute Gasteiger partial charge is 0.490 e. The number of benzene rings is 4. The van der Waals surface area contributed by atoms with Crippen molar-refractivity contribution in [2.24, 2.45) is 0 Å². The molecule has 16 rings (SSSR count). The van der Waals surface area contributed by atoms with E-state index < -0.39 is 30.1 Å². The summed E-state index contributed by atoms with van der Waals surface area (Å²) in [6.07, 6.45) is 23.8. The number of carbonyl (C=O) groups is 1. The summed E-state index contributed by atoms with van der Waals surface area (Å²) in [5.74, 6) is 2.11. The third kappa shape index (κ3) is 13.3. The predicted octanol–water partition coefficient (Wildman–Crippen LogP) is 10.7. The highest BCUT2D eigenvalue weighted by Crippen LogP contribution is 2.41. The van der Waals surface area contributed by atoms with Crippen molar-refractivity contribution in [2.45, 2.75) is 33.9 Å². The van der Waals surface area contributed by atoms with E-state index in [-0.39, 0.29) is 21.2 Å². The van der Waals surface area contributed by atoms with Gasteiger partial charge in [-0.2, -0.15) is 0 Å². The molecule has 500 valence electrons. The normalized spacial score (nSPS) is 16.1. The number of hydrogen-bond donors (Lipinski definition) is 1. The van der Waals surface area contributed by atoms with Crippen LogP contribution in [0.2, 0.25) is 0 Å². The van der Waals surface area contributed by atoms with Gasteiger partial charge in [-0.25, -0.2) is 47.1 Å². The number of carboxylic acid groups (broad SMARTS) is 1. The van der Waals surface area contributed by atoms with E-state index in [1.165, 1.54) is 24.4 Å². The van der Waals surface area contributed by atoms with Crippen LogP contribution in [0.25, 0.3) is 71.6 Å². The molecular formula is C70H69N11O12S4. The zero-order valence-corrected chi connectivity index (χ0v) is 56.8. The van der Waals surface area contributed by atoms with Crippen molar-refractivity contribution in [3.05, 3.63) is 193 Å². The van der Waals surface area contributed by atoms with Crippen LogP contribution in [0.15, 0.2) is 196 Å².